The van der Waals surface area contributed by atoms with Crippen LogP contribution in [0.2, 0.25) is 0 Å². The van der Waals surface area contributed by atoms with Crippen molar-refractivity contribution >= 4 is 27.4 Å². The molecule has 2 heterocycles. The molecule has 2 aromatic heterocycles. The molecule has 0 fully saturated rings. The van der Waals surface area contributed by atoms with Crippen molar-refractivity contribution in [2.45, 2.75) is 6.92 Å². The number of aromatic hydroxyl groups is 1. The zero-order valence-electron chi connectivity index (χ0n) is 8.57. The number of rotatable bonds is 2. The highest BCUT2D eigenvalue weighted by atomic mass is 79.9. The first kappa shape index (κ1) is 10.9. The van der Waals surface area contributed by atoms with Crippen LogP contribution in [0.4, 0.5) is 0 Å². The molecule has 0 spiro atoms. The lowest BCUT2D eigenvalue weighted by molar-refractivity contribution is 0.0957. The van der Waals surface area contributed by atoms with E-state index in [2.05, 4.69) is 26.3 Å². The molecule has 5 nitrogen and oxygen atoms in total. The lowest BCUT2D eigenvalue weighted by Crippen LogP contribution is -2.22. The number of hydrogen-bond acceptors (Lipinski definition) is 3. The van der Waals surface area contributed by atoms with E-state index in [1.807, 2.05) is 6.92 Å². The fourth-order valence-corrected chi connectivity index (χ4v) is 1.90. The Bertz CT molecular complexity index is 550. The van der Waals surface area contributed by atoms with Gasteiger partial charge in [0.2, 0.25) is 0 Å². The molecule has 84 valence electrons. The molecule has 0 bridgehead atoms. The average molecular weight is 284 g/mol. The van der Waals surface area contributed by atoms with Crippen LogP contribution in [0.5, 0.6) is 5.75 Å². The summed E-state index contributed by atoms with van der Waals surface area (Å²) in [7, 11) is 0. The number of hydrogen-bond donors (Lipinski definition) is 2. The third-order valence-corrected chi connectivity index (χ3v) is 2.57. The summed E-state index contributed by atoms with van der Waals surface area (Å²) in [5, 5.41) is 16.4. The van der Waals surface area contributed by atoms with Gasteiger partial charge in [0.1, 0.15) is 11.3 Å². The summed E-state index contributed by atoms with van der Waals surface area (Å²) < 4.78 is 2.16. The molecule has 16 heavy (non-hydrogen) atoms. The SMILES string of the molecule is CCNC(=O)c1cnn2cc(Br)cc(O)c12. The minimum Gasteiger partial charge on any atom is -0.506 e. The van der Waals surface area contributed by atoms with Crippen LogP contribution in [0.3, 0.4) is 0 Å². The quantitative estimate of drug-likeness (QED) is 0.879. The Morgan fingerprint density at radius 2 is 2.44 bits per heavy atom. The van der Waals surface area contributed by atoms with Crippen molar-refractivity contribution in [3.63, 3.8) is 0 Å². The summed E-state index contributed by atoms with van der Waals surface area (Å²) in [4.78, 5) is 11.7. The van der Waals surface area contributed by atoms with Gasteiger partial charge in [-0.1, -0.05) is 0 Å². The van der Waals surface area contributed by atoms with Gasteiger partial charge < -0.3 is 10.4 Å². The van der Waals surface area contributed by atoms with E-state index in [1.54, 1.807) is 6.20 Å². The molecular formula is C10H10BrN3O2. The van der Waals surface area contributed by atoms with Gasteiger partial charge in [0, 0.05) is 17.2 Å². The van der Waals surface area contributed by atoms with Crippen molar-refractivity contribution in [2.24, 2.45) is 0 Å². The average Bonchev–Trinajstić information content (AvgIpc) is 2.61. The van der Waals surface area contributed by atoms with Crippen molar-refractivity contribution in [1.82, 2.24) is 14.9 Å². The zero-order valence-corrected chi connectivity index (χ0v) is 10.2. The first-order chi connectivity index (χ1) is 7.63. The number of amides is 1. The minimum absolute atomic E-state index is 0.0214. The topological polar surface area (TPSA) is 66.6 Å². The largest absolute Gasteiger partial charge is 0.506 e. The third-order valence-electron chi connectivity index (χ3n) is 2.14. The molecule has 2 N–H and O–H groups in total. The van der Waals surface area contributed by atoms with Gasteiger partial charge in [-0.3, -0.25) is 4.79 Å². The number of nitrogens with zero attached hydrogens (tertiary/aromatic N) is 2. The lowest BCUT2D eigenvalue weighted by Gasteiger charge is -2.02. The minimum atomic E-state index is -0.241. The van der Waals surface area contributed by atoms with Crippen LogP contribution in [0.15, 0.2) is 22.9 Å². The van der Waals surface area contributed by atoms with Crippen molar-refractivity contribution in [3.05, 3.63) is 28.5 Å². The normalized spacial score (nSPS) is 10.6. The van der Waals surface area contributed by atoms with Crippen LogP contribution < -0.4 is 5.32 Å². The van der Waals surface area contributed by atoms with Crippen LogP contribution in [-0.2, 0) is 0 Å². The highest BCUT2D eigenvalue weighted by Crippen LogP contribution is 2.25. The maximum absolute atomic E-state index is 11.7. The predicted molar refractivity (Wildman–Crippen MR) is 62.6 cm³/mol. The summed E-state index contributed by atoms with van der Waals surface area (Å²) in [6.07, 6.45) is 3.12. The van der Waals surface area contributed by atoms with E-state index in [0.29, 0.717) is 22.1 Å². The smallest absolute Gasteiger partial charge is 0.255 e. The monoisotopic (exact) mass is 283 g/mol. The molecule has 0 aliphatic rings. The number of carbonyl (C=O) groups is 1. The fourth-order valence-electron chi connectivity index (χ4n) is 1.49. The highest BCUT2D eigenvalue weighted by molar-refractivity contribution is 9.10. The Balaban J connectivity index is 2.60. The summed E-state index contributed by atoms with van der Waals surface area (Å²) >= 11 is 3.24. The van der Waals surface area contributed by atoms with Gasteiger partial charge in [0.05, 0.1) is 11.8 Å². The molecular weight excluding hydrogens is 274 g/mol. The molecule has 6 heteroatoms. The number of nitrogens with one attached hydrogen (secondary N) is 1. The molecule has 0 aliphatic carbocycles. The zero-order chi connectivity index (χ0) is 11.7. The third kappa shape index (κ3) is 1.76. The van der Waals surface area contributed by atoms with Gasteiger partial charge in [-0.25, -0.2) is 4.52 Å². The van der Waals surface area contributed by atoms with E-state index >= 15 is 0 Å². The molecule has 0 unspecified atom stereocenters. The molecule has 0 saturated heterocycles. The number of fused-ring (bicyclic) bond motifs is 1. The van der Waals surface area contributed by atoms with E-state index in [-0.39, 0.29) is 11.7 Å². The Kier molecular flexibility index (Phi) is 2.82. The van der Waals surface area contributed by atoms with E-state index in [0.717, 1.165) is 0 Å². The lowest BCUT2D eigenvalue weighted by atomic mass is 10.2. The highest BCUT2D eigenvalue weighted by Gasteiger charge is 2.15. The van der Waals surface area contributed by atoms with Crippen molar-refractivity contribution in [3.8, 4) is 5.75 Å². The second-order valence-electron chi connectivity index (χ2n) is 3.25. The van der Waals surface area contributed by atoms with E-state index in [1.165, 1.54) is 16.8 Å². The predicted octanol–water partition coefficient (Wildman–Crippen LogP) is 1.55. The van der Waals surface area contributed by atoms with Crippen LogP contribution in [-0.4, -0.2) is 27.2 Å². The molecule has 2 aromatic rings. The fraction of sp³-hybridized carbons (Fsp3) is 0.200. The van der Waals surface area contributed by atoms with Crippen LogP contribution >= 0.6 is 15.9 Å². The Labute approximate surface area is 100 Å². The van der Waals surface area contributed by atoms with Crippen LogP contribution in [0.25, 0.3) is 5.52 Å². The van der Waals surface area contributed by atoms with Gasteiger partial charge in [0.25, 0.3) is 5.91 Å². The Morgan fingerprint density at radius 1 is 1.69 bits per heavy atom. The second kappa shape index (κ2) is 4.13. The van der Waals surface area contributed by atoms with Gasteiger partial charge in [-0.05, 0) is 28.9 Å². The Hall–Kier alpha value is -1.56. The van der Waals surface area contributed by atoms with Crippen molar-refractivity contribution < 1.29 is 9.90 Å². The van der Waals surface area contributed by atoms with Crippen LogP contribution in [0.1, 0.15) is 17.3 Å². The van der Waals surface area contributed by atoms with Gasteiger partial charge >= 0.3 is 0 Å². The first-order valence-corrected chi connectivity index (χ1v) is 5.57. The molecule has 0 saturated carbocycles. The van der Waals surface area contributed by atoms with Gasteiger partial charge in [-0.15, -0.1) is 0 Å². The molecule has 1 amide bonds. The molecule has 2 rings (SSSR count). The van der Waals surface area contributed by atoms with Gasteiger partial charge in [0.15, 0.2) is 0 Å². The summed E-state index contributed by atoms with van der Waals surface area (Å²) in [6, 6.07) is 1.53. The summed E-state index contributed by atoms with van der Waals surface area (Å²) in [5.41, 5.74) is 0.779. The van der Waals surface area contributed by atoms with Crippen LogP contribution in [0, 0.1) is 0 Å². The van der Waals surface area contributed by atoms with E-state index < -0.39 is 0 Å². The van der Waals surface area contributed by atoms with Crippen molar-refractivity contribution in [1.29, 1.82) is 0 Å². The molecule has 0 aliphatic heterocycles. The summed E-state index contributed by atoms with van der Waals surface area (Å²) in [5.74, 6) is -0.219. The number of aromatic nitrogens is 2. The number of halogens is 1. The number of pyridine rings is 1. The van der Waals surface area contributed by atoms with Gasteiger partial charge in [-0.2, -0.15) is 5.10 Å². The maximum atomic E-state index is 11.7. The molecule has 0 atom stereocenters. The summed E-state index contributed by atoms with van der Waals surface area (Å²) in [6.45, 7) is 2.37. The standard InChI is InChI=1S/C10H10BrN3O2/c1-2-12-10(16)7-4-13-14-5-6(11)3-8(15)9(7)14/h3-5,15H,2H2,1H3,(H,12,16). The molecule has 0 radical (unpaired) electrons. The molecule has 0 aromatic carbocycles. The van der Waals surface area contributed by atoms with E-state index in [9.17, 15) is 9.90 Å². The Morgan fingerprint density at radius 3 is 3.12 bits per heavy atom. The number of carbonyl (C=O) groups excluding carboxylic acids is 1. The first-order valence-electron chi connectivity index (χ1n) is 4.77. The van der Waals surface area contributed by atoms with Crippen molar-refractivity contribution in [2.75, 3.05) is 6.54 Å². The second-order valence-corrected chi connectivity index (χ2v) is 4.17. The van der Waals surface area contributed by atoms with E-state index in [4.69, 9.17) is 0 Å². The maximum Gasteiger partial charge on any atom is 0.255 e.